The lowest BCUT2D eigenvalue weighted by Crippen LogP contribution is -2.44. The molecule has 21 heavy (non-hydrogen) atoms. The SMILES string of the molecule is NC(=S)c1ccc(CN2CCCC3C(=O)NCC32)c(Cl)c1. The number of nitrogens with zero attached hydrogens (tertiary/aromatic N) is 1. The molecule has 2 saturated heterocycles. The Balaban J connectivity index is 1.77. The summed E-state index contributed by atoms with van der Waals surface area (Å²) in [7, 11) is 0. The van der Waals surface area contributed by atoms with Gasteiger partial charge < -0.3 is 11.1 Å². The fourth-order valence-corrected chi connectivity index (χ4v) is 3.65. The van der Waals surface area contributed by atoms with E-state index in [1.54, 1.807) is 0 Å². The molecule has 0 radical (unpaired) electrons. The molecule has 4 nitrogen and oxygen atoms in total. The van der Waals surface area contributed by atoms with E-state index in [0.717, 1.165) is 43.6 Å². The average Bonchev–Trinajstić information content (AvgIpc) is 2.84. The third-order valence-electron chi connectivity index (χ3n) is 4.43. The summed E-state index contributed by atoms with van der Waals surface area (Å²) >= 11 is 11.3. The van der Waals surface area contributed by atoms with Crippen LogP contribution in [0.25, 0.3) is 0 Å². The van der Waals surface area contributed by atoms with E-state index in [1.165, 1.54) is 0 Å². The van der Waals surface area contributed by atoms with Crippen molar-refractivity contribution < 1.29 is 4.79 Å². The lowest BCUT2D eigenvalue weighted by molar-refractivity contribution is -0.124. The topological polar surface area (TPSA) is 58.4 Å². The highest BCUT2D eigenvalue weighted by molar-refractivity contribution is 7.80. The molecular formula is C15H18ClN3OS. The van der Waals surface area contributed by atoms with Gasteiger partial charge in [0.25, 0.3) is 0 Å². The summed E-state index contributed by atoms with van der Waals surface area (Å²) in [6.45, 7) is 2.50. The maximum absolute atomic E-state index is 11.8. The highest BCUT2D eigenvalue weighted by Crippen LogP contribution is 2.30. The summed E-state index contributed by atoms with van der Waals surface area (Å²) in [4.78, 5) is 14.5. The van der Waals surface area contributed by atoms with Crippen LogP contribution in [0.1, 0.15) is 24.0 Å². The molecule has 0 aromatic heterocycles. The molecule has 0 saturated carbocycles. The second-order valence-corrected chi connectivity index (χ2v) is 6.55. The number of carbonyl (C=O) groups is 1. The number of carbonyl (C=O) groups excluding carboxylic acids is 1. The van der Waals surface area contributed by atoms with Gasteiger partial charge in [0.05, 0.1) is 5.92 Å². The largest absolute Gasteiger partial charge is 0.389 e. The zero-order valence-corrected chi connectivity index (χ0v) is 13.2. The van der Waals surface area contributed by atoms with Crippen LogP contribution in [0.5, 0.6) is 0 Å². The van der Waals surface area contributed by atoms with Crippen molar-refractivity contribution in [3.63, 3.8) is 0 Å². The Morgan fingerprint density at radius 3 is 3.05 bits per heavy atom. The number of piperidine rings is 1. The molecule has 0 bridgehead atoms. The van der Waals surface area contributed by atoms with Crippen molar-refractivity contribution in [2.75, 3.05) is 13.1 Å². The van der Waals surface area contributed by atoms with Gasteiger partial charge in [0.15, 0.2) is 0 Å². The predicted octanol–water partition coefficient (Wildman–Crippen LogP) is 1.68. The van der Waals surface area contributed by atoms with E-state index in [0.29, 0.717) is 10.0 Å². The Kier molecular flexibility index (Phi) is 4.15. The first-order chi connectivity index (χ1) is 10.1. The lowest BCUT2D eigenvalue weighted by atomic mass is 9.91. The smallest absolute Gasteiger partial charge is 0.224 e. The van der Waals surface area contributed by atoms with E-state index in [2.05, 4.69) is 10.2 Å². The average molecular weight is 324 g/mol. The molecular weight excluding hydrogens is 306 g/mol. The van der Waals surface area contributed by atoms with Gasteiger partial charge in [-0.25, -0.2) is 0 Å². The highest BCUT2D eigenvalue weighted by Gasteiger charge is 2.40. The first-order valence-corrected chi connectivity index (χ1v) is 7.95. The molecule has 1 amide bonds. The number of nitrogens with two attached hydrogens (primary N) is 1. The number of fused-ring (bicyclic) bond motifs is 1. The molecule has 2 aliphatic rings. The number of benzene rings is 1. The van der Waals surface area contributed by atoms with Gasteiger partial charge in [-0.2, -0.15) is 0 Å². The fourth-order valence-electron chi connectivity index (χ4n) is 3.28. The number of nitrogens with one attached hydrogen (secondary N) is 1. The normalized spacial score (nSPS) is 25.5. The van der Waals surface area contributed by atoms with E-state index in [-0.39, 0.29) is 17.9 Å². The maximum atomic E-state index is 11.8. The zero-order valence-electron chi connectivity index (χ0n) is 11.6. The molecule has 1 aromatic carbocycles. The molecule has 1 aromatic rings. The standard InChI is InChI=1S/C15H18ClN3OS/c16-12-6-9(14(17)21)3-4-10(12)8-19-5-1-2-11-13(19)7-18-15(11)20/h3-4,6,11,13H,1-2,5,7-8H2,(H2,17,21)(H,18,20). The minimum atomic E-state index is 0.133. The highest BCUT2D eigenvalue weighted by atomic mass is 35.5. The van der Waals surface area contributed by atoms with E-state index in [1.807, 2.05) is 18.2 Å². The zero-order chi connectivity index (χ0) is 15.0. The summed E-state index contributed by atoms with van der Waals surface area (Å²) in [5.74, 6) is 0.327. The quantitative estimate of drug-likeness (QED) is 0.831. The van der Waals surface area contributed by atoms with Crippen LogP contribution in [0, 0.1) is 5.92 Å². The van der Waals surface area contributed by atoms with Gasteiger partial charge >= 0.3 is 0 Å². The van der Waals surface area contributed by atoms with Crippen molar-refractivity contribution in [3.8, 4) is 0 Å². The lowest BCUT2D eigenvalue weighted by Gasteiger charge is -2.36. The maximum Gasteiger partial charge on any atom is 0.224 e. The molecule has 2 fully saturated rings. The van der Waals surface area contributed by atoms with Crippen molar-refractivity contribution in [3.05, 3.63) is 34.3 Å². The van der Waals surface area contributed by atoms with Crippen LogP contribution < -0.4 is 11.1 Å². The van der Waals surface area contributed by atoms with Gasteiger partial charge in [0, 0.05) is 29.7 Å². The molecule has 2 unspecified atom stereocenters. The van der Waals surface area contributed by atoms with Crippen LogP contribution in [0.3, 0.4) is 0 Å². The number of hydrogen-bond donors (Lipinski definition) is 2. The van der Waals surface area contributed by atoms with Crippen LogP contribution in [-0.2, 0) is 11.3 Å². The molecule has 2 aliphatic heterocycles. The molecule has 0 spiro atoms. The Hall–Kier alpha value is -1.17. The Labute approximate surface area is 134 Å². The van der Waals surface area contributed by atoms with Gasteiger partial charge in [0.2, 0.25) is 5.91 Å². The van der Waals surface area contributed by atoms with Crippen molar-refractivity contribution in [1.29, 1.82) is 0 Å². The minimum Gasteiger partial charge on any atom is -0.389 e. The second-order valence-electron chi connectivity index (χ2n) is 5.70. The number of amides is 1. The molecule has 3 rings (SSSR count). The van der Waals surface area contributed by atoms with Gasteiger partial charge in [0.1, 0.15) is 4.99 Å². The Morgan fingerprint density at radius 2 is 2.33 bits per heavy atom. The van der Waals surface area contributed by atoms with Crippen LogP contribution >= 0.6 is 23.8 Å². The summed E-state index contributed by atoms with van der Waals surface area (Å²) in [5, 5.41) is 3.65. The van der Waals surface area contributed by atoms with Crippen molar-refractivity contribution in [1.82, 2.24) is 10.2 Å². The van der Waals surface area contributed by atoms with E-state index in [4.69, 9.17) is 29.6 Å². The van der Waals surface area contributed by atoms with Gasteiger partial charge in [-0.05, 0) is 31.0 Å². The van der Waals surface area contributed by atoms with E-state index in [9.17, 15) is 4.79 Å². The summed E-state index contributed by atoms with van der Waals surface area (Å²) < 4.78 is 0. The molecule has 3 N–H and O–H groups in total. The number of halogens is 1. The van der Waals surface area contributed by atoms with Crippen LogP contribution in [-0.4, -0.2) is 34.9 Å². The first-order valence-electron chi connectivity index (χ1n) is 7.16. The van der Waals surface area contributed by atoms with Gasteiger partial charge in [-0.3, -0.25) is 9.69 Å². The molecule has 0 aliphatic carbocycles. The number of likely N-dealkylation sites (tertiary alicyclic amines) is 1. The van der Waals surface area contributed by atoms with Crippen LogP contribution in [0.2, 0.25) is 5.02 Å². The van der Waals surface area contributed by atoms with Crippen molar-refractivity contribution in [2.45, 2.75) is 25.4 Å². The second kappa shape index (κ2) is 5.91. The minimum absolute atomic E-state index is 0.133. The van der Waals surface area contributed by atoms with Gasteiger partial charge in [-0.15, -0.1) is 0 Å². The van der Waals surface area contributed by atoms with Crippen LogP contribution in [0.15, 0.2) is 18.2 Å². The number of rotatable bonds is 3. The van der Waals surface area contributed by atoms with Gasteiger partial charge in [-0.1, -0.05) is 36.0 Å². The third-order valence-corrected chi connectivity index (χ3v) is 5.01. The molecule has 112 valence electrons. The van der Waals surface area contributed by atoms with Crippen LogP contribution in [0.4, 0.5) is 0 Å². The van der Waals surface area contributed by atoms with Crippen molar-refractivity contribution in [2.24, 2.45) is 11.7 Å². The number of hydrogen-bond acceptors (Lipinski definition) is 3. The Morgan fingerprint density at radius 1 is 1.52 bits per heavy atom. The molecule has 2 atom stereocenters. The predicted molar refractivity (Wildman–Crippen MR) is 87.3 cm³/mol. The summed E-state index contributed by atoms with van der Waals surface area (Å²) in [5.41, 5.74) is 7.46. The molecule has 6 heteroatoms. The molecule has 2 heterocycles. The summed E-state index contributed by atoms with van der Waals surface area (Å²) in [6, 6.07) is 5.99. The van der Waals surface area contributed by atoms with E-state index >= 15 is 0 Å². The monoisotopic (exact) mass is 323 g/mol. The number of thiocarbonyl (C=S) groups is 1. The fraction of sp³-hybridized carbons (Fsp3) is 0.467. The summed E-state index contributed by atoms with van der Waals surface area (Å²) in [6.07, 6.45) is 2.04. The van der Waals surface area contributed by atoms with Crippen molar-refractivity contribution >= 4 is 34.7 Å². The Bertz CT molecular complexity index is 592. The first kappa shape index (κ1) is 14.8. The van der Waals surface area contributed by atoms with E-state index < -0.39 is 0 Å². The third kappa shape index (κ3) is 2.91.